The molecular weight excluding hydrogens is 284 g/mol. The highest BCUT2D eigenvalue weighted by molar-refractivity contribution is 5.66. The smallest absolute Gasteiger partial charge is 0.302 e. The van der Waals surface area contributed by atoms with Crippen molar-refractivity contribution >= 4 is 5.97 Å². The summed E-state index contributed by atoms with van der Waals surface area (Å²) in [6.07, 6.45) is 13.9. The Morgan fingerprint density at radius 3 is 2.48 bits per heavy atom. The van der Waals surface area contributed by atoms with E-state index < -0.39 is 0 Å². The standard InChI is InChI=1S/C21H34O2/c1-14(22)23-19-13-18-16(17-8-6-12-21(17,19)3)10-9-15-7-4-5-11-20(15,18)2/h15-19H,4-13H2,1-3H3. The second-order valence-corrected chi connectivity index (χ2v) is 9.63. The molecule has 0 spiro atoms. The summed E-state index contributed by atoms with van der Waals surface area (Å²) in [4.78, 5) is 11.7. The van der Waals surface area contributed by atoms with Crippen molar-refractivity contribution in [3.63, 3.8) is 0 Å². The molecule has 0 aromatic rings. The van der Waals surface area contributed by atoms with Crippen LogP contribution >= 0.6 is 0 Å². The van der Waals surface area contributed by atoms with E-state index in [1.807, 2.05) is 0 Å². The SMILES string of the molecule is CC(=O)OC1CC2C(CCC3CCCCC32C)C2CCCC12C. The third kappa shape index (κ3) is 2.30. The van der Waals surface area contributed by atoms with Crippen LogP contribution in [0.5, 0.6) is 0 Å². The maximum Gasteiger partial charge on any atom is 0.302 e. The van der Waals surface area contributed by atoms with Crippen molar-refractivity contribution in [2.75, 3.05) is 0 Å². The van der Waals surface area contributed by atoms with Crippen molar-refractivity contribution in [3.05, 3.63) is 0 Å². The lowest BCUT2D eigenvalue weighted by Crippen LogP contribution is -2.57. The average molecular weight is 319 g/mol. The van der Waals surface area contributed by atoms with Gasteiger partial charge in [0.2, 0.25) is 0 Å². The van der Waals surface area contributed by atoms with E-state index in [4.69, 9.17) is 4.74 Å². The van der Waals surface area contributed by atoms with Gasteiger partial charge in [0.05, 0.1) is 0 Å². The molecule has 2 heteroatoms. The molecule has 0 aliphatic heterocycles. The van der Waals surface area contributed by atoms with Crippen molar-refractivity contribution in [1.29, 1.82) is 0 Å². The topological polar surface area (TPSA) is 26.3 Å². The average Bonchev–Trinajstić information content (AvgIpc) is 2.90. The quantitative estimate of drug-likeness (QED) is 0.609. The van der Waals surface area contributed by atoms with Crippen LogP contribution in [0.25, 0.3) is 0 Å². The van der Waals surface area contributed by atoms with Gasteiger partial charge < -0.3 is 4.74 Å². The van der Waals surface area contributed by atoms with Gasteiger partial charge in [0, 0.05) is 12.3 Å². The third-order valence-electron chi connectivity index (χ3n) is 8.77. The first kappa shape index (κ1) is 16.0. The van der Waals surface area contributed by atoms with Gasteiger partial charge in [0.1, 0.15) is 6.10 Å². The zero-order valence-electron chi connectivity index (χ0n) is 15.3. The minimum Gasteiger partial charge on any atom is -0.462 e. The second-order valence-electron chi connectivity index (χ2n) is 9.63. The number of fused-ring (bicyclic) bond motifs is 5. The molecule has 0 aromatic heterocycles. The predicted molar refractivity (Wildman–Crippen MR) is 91.9 cm³/mol. The fraction of sp³-hybridized carbons (Fsp3) is 0.952. The molecule has 23 heavy (non-hydrogen) atoms. The summed E-state index contributed by atoms with van der Waals surface area (Å²) in [6.45, 7) is 6.63. The number of hydrogen-bond donors (Lipinski definition) is 0. The van der Waals surface area contributed by atoms with E-state index in [1.54, 1.807) is 6.92 Å². The third-order valence-corrected chi connectivity index (χ3v) is 8.77. The first-order valence-electron chi connectivity index (χ1n) is 10.1. The van der Waals surface area contributed by atoms with Crippen molar-refractivity contribution in [2.24, 2.45) is 34.5 Å². The molecule has 7 unspecified atom stereocenters. The number of hydrogen-bond acceptors (Lipinski definition) is 2. The van der Waals surface area contributed by atoms with Gasteiger partial charge in [0.15, 0.2) is 0 Å². The van der Waals surface area contributed by atoms with E-state index in [2.05, 4.69) is 13.8 Å². The summed E-state index contributed by atoms with van der Waals surface area (Å²) < 4.78 is 5.94. The molecule has 4 fully saturated rings. The molecule has 4 saturated carbocycles. The normalized spacial score (nSPS) is 52.2. The largest absolute Gasteiger partial charge is 0.462 e. The highest BCUT2D eigenvalue weighted by Crippen LogP contribution is 2.66. The van der Waals surface area contributed by atoms with E-state index in [0.717, 1.165) is 30.1 Å². The van der Waals surface area contributed by atoms with Crippen LogP contribution in [-0.4, -0.2) is 12.1 Å². The van der Waals surface area contributed by atoms with E-state index >= 15 is 0 Å². The van der Waals surface area contributed by atoms with Gasteiger partial charge >= 0.3 is 5.97 Å². The van der Waals surface area contributed by atoms with Crippen molar-refractivity contribution < 1.29 is 9.53 Å². The Balaban J connectivity index is 1.68. The fourth-order valence-corrected chi connectivity index (χ4v) is 7.61. The van der Waals surface area contributed by atoms with Gasteiger partial charge in [-0.2, -0.15) is 0 Å². The molecule has 0 saturated heterocycles. The molecule has 0 bridgehead atoms. The maximum absolute atomic E-state index is 11.7. The summed E-state index contributed by atoms with van der Waals surface area (Å²) in [5.74, 6) is 3.35. The minimum atomic E-state index is -0.0681. The Hall–Kier alpha value is -0.530. The van der Waals surface area contributed by atoms with Gasteiger partial charge in [-0.1, -0.05) is 33.1 Å². The lowest BCUT2D eigenvalue weighted by molar-refractivity contribution is -0.183. The highest BCUT2D eigenvalue weighted by atomic mass is 16.5. The monoisotopic (exact) mass is 318 g/mol. The summed E-state index contributed by atoms with van der Waals surface area (Å²) >= 11 is 0. The van der Waals surface area contributed by atoms with E-state index in [9.17, 15) is 4.79 Å². The molecular formula is C21H34O2. The lowest BCUT2D eigenvalue weighted by Gasteiger charge is -2.61. The maximum atomic E-state index is 11.7. The minimum absolute atomic E-state index is 0.0681. The number of esters is 1. The molecule has 0 N–H and O–H groups in total. The molecule has 4 aliphatic carbocycles. The zero-order chi connectivity index (χ0) is 16.2. The number of carbonyl (C=O) groups excluding carboxylic acids is 1. The fourth-order valence-electron chi connectivity index (χ4n) is 7.61. The molecule has 4 aliphatic rings. The Morgan fingerprint density at radius 1 is 0.913 bits per heavy atom. The molecule has 4 rings (SSSR count). The summed E-state index contributed by atoms with van der Waals surface area (Å²) in [5, 5.41) is 0. The van der Waals surface area contributed by atoms with Gasteiger partial charge in [-0.05, 0) is 74.0 Å². The van der Waals surface area contributed by atoms with Crippen LogP contribution in [0.15, 0.2) is 0 Å². The number of carbonyl (C=O) groups is 1. The van der Waals surface area contributed by atoms with E-state index in [1.165, 1.54) is 57.8 Å². The summed E-state index contributed by atoms with van der Waals surface area (Å²) in [5.41, 5.74) is 0.772. The molecule has 7 atom stereocenters. The molecule has 0 amide bonds. The lowest BCUT2D eigenvalue weighted by atomic mass is 9.45. The van der Waals surface area contributed by atoms with Crippen LogP contribution in [0.4, 0.5) is 0 Å². The van der Waals surface area contributed by atoms with Crippen LogP contribution < -0.4 is 0 Å². The van der Waals surface area contributed by atoms with E-state index in [0.29, 0.717) is 5.41 Å². The van der Waals surface area contributed by atoms with Gasteiger partial charge in [0.25, 0.3) is 0 Å². The molecule has 0 heterocycles. The number of ether oxygens (including phenoxy) is 1. The van der Waals surface area contributed by atoms with Crippen LogP contribution in [0.1, 0.15) is 85.0 Å². The van der Waals surface area contributed by atoms with Crippen molar-refractivity contribution in [2.45, 2.75) is 91.1 Å². The van der Waals surface area contributed by atoms with Gasteiger partial charge in [-0.25, -0.2) is 0 Å². The molecule has 2 nitrogen and oxygen atoms in total. The highest BCUT2D eigenvalue weighted by Gasteiger charge is 2.61. The first-order valence-corrected chi connectivity index (χ1v) is 10.1. The summed E-state index contributed by atoms with van der Waals surface area (Å²) in [7, 11) is 0. The first-order chi connectivity index (χ1) is 10.9. The molecule has 0 aromatic carbocycles. The van der Waals surface area contributed by atoms with E-state index in [-0.39, 0.29) is 17.5 Å². The van der Waals surface area contributed by atoms with Crippen molar-refractivity contribution in [3.8, 4) is 0 Å². The second kappa shape index (κ2) is 5.49. The predicted octanol–water partition coefficient (Wildman–Crippen LogP) is 5.35. The Labute approximate surface area is 141 Å². The summed E-state index contributed by atoms with van der Waals surface area (Å²) in [6, 6.07) is 0. The van der Waals surface area contributed by atoms with Crippen molar-refractivity contribution in [1.82, 2.24) is 0 Å². The zero-order valence-corrected chi connectivity index (χ0v) is 15.3. The van der Waals surface area contributed by atoms with Crippen LogP contribution in [0.3, 0.4) is 0 Å². The molecule has 0 radical (unpaired) electrons. The Morgan fingerprint density at radius 2 is 1.70 bits per heavy atom. The number of rotatable bonds is 1. The van der Waals surface area contributed by atoms with Gasteiger partial charge in [-0.3, -0.25) is 4.79 Å². The van der Waals surface area contributed by atoms with Gasteiger partial charge in [-0.15, -0.1) is 0 Å². The Kier molecular flexibility index (Phi) is 3.81. The van der Waals surface area contributed by atoms with Crippen LogP contribution in [-0.2, 0) is 9.53 Å². The molecule has 130 valence electrons. The van der Waals surface area contributed by atoms with Crippen LogP contribution in [0, 0.1) is 34.5 Å². The Bertz CT molecular complexity index is 486. The van der Waals surface area contributed by atoms with Crippen LogP contribution in [0.2, 0.25) is 0 Å².